The largest absolute Gasteiger partial charge is 0.493 e. The Kier molecular flexibility index (Phi) is 7.61. The van der Waals surface area contributed by atoms with Crippen LogP contribution in [-0.4, -0.2) is 18.6 Å². The summed E-state index contributed by atoms with van der Waals surface area (Å²) in [5, 5.41) is 10.0. The second-order valence-electron chi connectivity index (χ2n) is 9.21. The molecule has 35 heavy (non-hydrogen) atoms. The number of nitriles is 1. The van der Waals surface area contributed by atoms with Gasteiger partial charge < -0.3 is 15.2 Å². The lowest BCUT2D eigenvalue weighted by molar-refractivity contribution is -0.117. The monoisotopic (exact) mass is 535 g/mol. The van der Waals surface area contributed by atoms with Crippen molar-refractivity contribution < 1.29 is 14.3 Å². The van der Waals surface area contributed by atoms with Gasteiger partial charge in [-0.05, 0) is 65.4 Å². The number of rotatable bonds is 7. The molecule has 0 bridgehead atoms. The van der Waals surface area contributed by atoms with Crippen LogP contribution in [0.15, 0.2) is 57.1 Å². The van der Waals surface area contributed by atoms with Crippen LogP contribution in [-0.2, 0) is 11.4 Å². The molecule has 2 N–H and O–H groups in total. The highest BCUT2D eigenvalue weighted by Crippen LogP contribution is 2.48. The molecule has 3 atom stereocenters. The SMILES string of the molecule is CCCC1CC(=O)C2=C(C1)N=C(C)C(C#N)C2c1cc(Br)c(OCc2ccccc2N)c(OC)c1. The molecule has 6 nitrogen and oxygen atoms in total. The number of hydrogen-bond donors (Lipinski definition) is 1. The number of nitrogens with zero attached hydrogens (tertiary/aromatic N) is 2. The molecule has 3 unspecified atom stereocenters. The first-order chi connectivity index (χ1) is 16.9. The Balaban J connectivity index is 1.73. The summed E-state index contributed by atoms with van der Waals surface area (Å²) < 4.78 is 12.5. The average Bonchev–Trinajstić information content (AvgIpc) is 2.83. The predicted molar refractivity (Wildman–Crippen MR) is 140 cm³/mol. The summed E-state index contributed by atoms with van der Waals surface area (Å²) in [6, 6.07) is 13.7. The molecule has 7 heteroatoms. The fourth-order valence-corrected chi connectivity index (χ4v) is 5.73. The molecule has 4 rings (SSSR count). The molecule has 2 aromatic rings. The first kappa shape index (κ1) is 25.0. The van der Waals surface area contributed by atoms with Crippen molar-refractivity contribution in [3.63, 3.8) is 0 Å². The number of aliphatic imine (C=N–C) groups is 1. The van der Waals surface area contributed by atoms with Crippen LogP contribution in [0.4, 0.5) is 5.69 Å². The lowest BCUT2D eigenvalue weighted by atomic mass is 9.70. The molecule has 2 aliphatic rings. The maximum atomic E-state index is 13.3. The summed E-state index contributed by atoms with van der Waals surface area (Å²) in [7, 11) is 1.58. The van der Waals surface area contributed by atoms with Gasteiger partial charge in [0, 0.05) is 40.6 Å². The van der Waals surface area contributed by atoms with Crippen molar-refractivity contribution in [3.8, 4) is 17.6 Å². The van der Waals surface area contributed by atoms with E-state index in [-0.39, 0.29) is 12.4 Å². The van der Waals surface area contributed by atoms with E-state index in [1.165, 1.54) is 0 Å². The Morgan fingerprint density at radius 2 is 2.03 bits per heavy atom. The number of hydrogen-bond acceptors (Lipinski definition) is 6. The van der Waals surface area contributed by atoms with E-state index >= 15 is 0 Å². The molecular weight excluding hydrogens is 506 g/mol. The zero-order valence-electron chi connectivity index (χ0n) is 20.3. The van der Waals surface area contributed by atoms with Crippen molar-refractivity contribution in [2.24, 2.45) is 16.8 Å². The van der Waals surface area contributed by atoms with Crippen molar-refractivity contribution in [2.75, 3.05) is 12.8 Å². The molecule has 0 spiro atoms. The summed E-state index contributed by atoms with van der Waals surface area (Å²) in [5.41, 5.74) is 10.7. The Bertz CT molecular complexity index is 1240. The van der Waals surface area contributed by atoms with Crippen molar-refractivity contribution in [3.05, 3.63) is 63.3 Å². The van der Waals surface area contributed by atoms with Crippen molar-refractivity contribution in [2.45, 2.75) is 52.1 Å². The summed E-state index contributed by atoms with van der Waals surface area (Å²) in [6.45, 7) is 4.30. The zero-order valence-corrected chi connectivity index (χ0v) is 21.9. The van der Waals surface area contributed by atoms with E-state index in [9.17, 15) is 10.1 Å². The lowest BCUT2D eigenvalue weighted by Crippen LogP contribution is -2.32. The minimum atomic E-state index is -0.520. The minimum absolute atomic E-state index is 0.0983. The summed E-state index contributed by atoms with van der Waals surface area (Å²) >= 11 is 3.64. The molecule has 0 aromatic heterocycles. The second-order valence-corrected chi connectivity index (χ2v) is 10.1. The third-order valence-corrected chi connectivity index (χ3v) is 7.44. The molecule has 2 aromatic carbocycles. The van der Waals surface area contributed by atoms with Crippen LogP contribution in [0.25, 0.3) is 0 Å². The van der Waals surface area contributed by atoms with Gasteiger partial charge in [0.1, 0.15) is 6.61 Å². The maximum Gasteiger partial charge on any atom is 0.175 e. The number of allylic oxidation sites excluding steroid dienone is 2. The molecule has 1 heterocycles. The van der Waals surface area contributed by atoms with Crippen molar-refractivity contribution >= 4 is 33.1 Å². The number of halogens is 1. The normalized spacial score (nSPS) is 21.7. The number of nitrogen functional groups attached to an aromatic ring is 1. The third kappa shape index (κ3) is 4.99. The first-order valence-corrected chi connectivity index (χ1v) is 12.7. The van der Waals surface area contributed by atoms with E-state index in [0.29, 0.717) is 39.6 Å². The number of ether oxygens (including phenoxy) is 2. The number of anilines is 1. The predicted octanol–water partition coefficient (Wildman–Crippen LogP) is 6.35. The zero-order chi connectivity index (χ0) is 25.1. The highest BCUT2D eigenvalue weighted by atomic mass is 79.9. The summed E-state index contributed by atoms with van der Waals surface area (Å²) in [5.74, 6) is 0.557. The Labute approximate surface area is 215 Å². The van der Waals surface area contributed by atoms with Gasteiger partial charge in [-0.1, -0.05) is 31.5 Å². The molecule has 0 saturated heterocycles. The molecular formula is C28H30BrN3O3. The van der Waals surface area contributed by atoms with E-state index in [2.05, 4.69) is 28.9 Å². The van der Waals surface area contributed by atoms with E-state index in [0.717, 1.165) is 41.8 Å². The summed E-state index contributed by atoms with van der Waals surface area (Å²) in [4.78, 5) is 18.1. The van der Waals surface area contributed by atoms with Crippen molar-refractivity contribution in [1.29, 1.82) is 5.26 Å². The standard InChI is InChI=1S/C28H30BrN3O3/c1-4-7-17-10-23-27(24(33)11-17)26(20(14-30)16(2)32-23)19-12-21(29)28(25(13-19)34-3)35-15-18-8-5-6-9-22(18)31/h5-6,8-9,12-13,17,20,26H,4,7,10-11,15,31H2,1-3H3. The van der Waals surface area contributed by atoms with Gasteiger partial charge in [-0.3, -0.25) is 9.79 Å². The van der Waals surface area contributed by atoms with Gasteiger partial charge in [-0.25, -0.2) is 0 Å². The Hall–Kier alpha value is -3.11. The molecule has 0 saturated carbocycles. The Morgan fingerprint density at radius 3 is 2.71 bits per heavy atom. The fourth-order valence-electron chi connectivity index (χ4n) is 5.15. The highest BCUT2D eigenvalue weighted by Gasteiger charge is 2.41. The van der Waals surface area contributed by atoms with Gasteiger partial charge in [0.15, 0.2) is 17.3 Å². The lowest BCUT2D eigenvalue weighted by Gasteiger charge is -2.35. The van der Waals surface area contributed by atoms with Crippen LogP contribution in [0.2, 0.25) is 0 Å². The van der Waals surface area contributed by atoms with E-state index in [1.54, 1.807) is 7.11 Å². The van der Waals surface area contributed by atoms with E-state index in [4.69, 9.17) is 20.2 Å². The quantitative estimate of drug-likeness (QED) is 0.416. The van der Waals surface area contributed by atoms with Crippen LogP contribution in [0.1, 0.15) is 56.6 Å². The third-order valence-electron chi connectivity index (χ3n) is 6.85. The molecule has 0 amide bonds. The number of nitrogens with two attached hydrogens (primary N) is 1. The van der Waals surface area contributed by atoms with Crippen molar-refractivity contribution in [1.82, 2.24) is 0 Å². The topological polar surface area (TPSA) is 97.7 Å². The number of para-hydroxylation sites is 1. The van der Waals surface area contributed by atoms with Gasteiger partial charge in [0.25, 0.3) is 0 Å². The summed E-state index contributed by atoms with van der Waals surface area (Å²) in [6.07, 6.45) is 3.32. The van der Waals surface area contributed by atoms with Crippen LogP contribution < -0.4 is 15.2 Å². The van der Waals surface area contributed by atoms with E-state index < -0.39 is 11.8 Å². The van der Waals surface area contributed by atoms with Gasteiger partial charge in [-0.2, -0.15) is 5.26 Å². The maximum absolute atomic E-state index is 13.3. The smallest absolute Gasteiger partial charge is 0.175 e. The molecule has 182 valence electrons. The number of Topliss-reactive ketones (excluding diaryl/α,β-unsaturated/α-hetero) is 1. The Morgan fingerprint density at radius 1 is 1.26 bits per heavy atom. The first-order valence-electron chi connectivity index (χ1n) is 11.9. The number of carbonyl (C=O) groups is 1. The van der Waals surface area contributed by atoms with Gasteiger partial charge >= 0.3 is 0 Å². The number of carbonyl (C=O) groups excluding carboxylic acids is 1. The van der Waals surface area contributed by atoms with Gasteiger partial charge in [0.05, 0.1) is 23.6 Å². The van der Waals surface area contributed by atoms with Crippen LogP contribution >= 0.6 is 15.9 Å². The highest BCUT2D eigenvalue weighted by molar-refractivity contribution is 9.10. The minimum Gasteiger partial charge on any atom is -0.493 e. The molecule has 1 aliphatic heterocycles. The number of ketones is 1. The van der Waals surface area contributed by atoms with Crippen LogP contribution in [0, 0.1) is 23.2 Å². The second kappa shape index (κ2) is 10.7. The fraction of sp³-hybridized carbons (Fsp3) is 0.393. The van der Waals surface area contributed by atoms with Crippen LogP contribution in [0.3, 0.4) is 0 Å². The van der Waals surface area contributed by atoms with E-state index in [1.807, 2.05) is 43.3 Å². The molecule has 1 aliphatic carbocycles. The van der Waals surface area contributed by atoms with Gasteiger partial charge in [0.2, 0.25) is 0 Å². The number of benzene rings is 2. The van der Waals surface area contributed by atoms with Gasteiger partial charge in [-0.15, -0.1) is 0 Å². The van der Waals surface area contributed by atoms with Crippen LogP contribution in [0.5, 0.6) is 11.5 Å². The molecule has 0 fully saturated rings. The average molecular weight is 536 g/mol. The molecule has 0 radical (unpaired) electrons. The number of methoxy groups -OCH3 is 1.